The van der Waals surface area contributed by atoms with E-state index in [4.69, 9.17) is 0 Å². The van der Waals surface area contributed by atoms with Gasteiger partial charge in [-0.1, -0.05) is 70.1 Å². The number of fused-ring (bicyclic) bond motifs is 1. The zero-order valence-corrected chi connectivity index (χ0v) is 22.4. The quantitative estimate of drug-likeness (QED) is 0.299. The second-order valence-electron chi connectivity index (χ2n) is 10.7. The van der Waals surface area contributed by atoms with Crippen LogP contribution in [0.5, 0.6) is 0 Å². The number of urea groups is 1. The predicted octanol–water partition coefficient (Wildman–Crippen LogP) is 6.85. The number of amides is 2. The van der Waals surface area contributed by atoms with E-state index in [1.807, 2.05) is 23.1 Å². The fraction of sp³-hybridized carbons (Fsp3) is 0.484. The number of hydrogen-bond acceptors (Lipinski definition) is 2. The van der Waals surface area contributed by atoms with Gasteiger partial charge in [-0.3, -0.25) is 4.79 Å². The molecule has 0 saturated carbocycles. The molecule has 2 amide bonds. The Kier molecular flexibility index (Phi) is 9.20. The number of hydrogen-bond donors (Lipinski definition) is 2. The molecule has 0 heterocycles. The number of benzene rings is 2. The summed E-state index contributed by atoms with van der Waals surface area (Å²) in [6.07, 6.45) is 6.03. The average Bonchev–Trinajstić information content (AvgIpc) is 3.26. The van der Waals surface area contributed by atoms with Crippen LogP contribution in [0.1, 0.15) is 88.5 Å². The smallest absolute Gasteiger partial charge is 0.322 e. The van der Waals surface area contributed by atoms with E-state index in [1.54, 1.807) is 13.8 Å². The molecule has 192 valence electrons. The van der Waals surface area contributed by atoms with Gasteiger partial charge in [0, 0.05) is 23.8 Å². The molecule has 1 unspecified atom stereocenters. The highest BCUT2D eigenvalue weighted by Gasteiger charge is 2.30. The van der Waals surface area contributed by atoms with Crippen molar-refractivity contribution in [3.8, 4) is 11.8 Å². The van der Waals surface area contributed by atoms with Gasteiger partial charge in [-0.2, -0.15) is 0 Å². The van der Waals surface area contributed by atoms with E-state index < -0.39 is 11.4 Å². The normalized spacial score (nSPS) is 14.7. The molecule has 0 radical (unpaired) electrons. The number of nitrogens with zero attached hydrogens (tertiary/aromatic N) is 1. The summed E-state index contributed by atoms with van der Waals surface area (Å²) in [7, 11) is 0. The lowest BCUT2D eigenvalue weighted by Gasteiger charge is -2.29. The molecule has 0 bridgehead atoms. The van der Waals surface area contributed by atoms with Crippen LogP contribution in [0.4, 0.5) is 10.5 Å². The molecule has 2 aromatic carbocycles. The van der Waals surface area contributed by atoms with E-state index in [9.17, 15) is 14.7 Å². The Labute approximate surface area is 216 Å². The average molecular weight is 489 g/mol. The standard InChI is InChI=1S/C31H40N2O3/c1-6-7-8-9-18-33(30(36)32-27-14-12-24(13-15-27)22(2)3)28-20-25-11-10-23(19-26(25)21-28)16-17-31(4,5)29(34)35/h10-15,19,22,28H,6-9,18,20-21H2,1-5H3,(H,32,36)(H,34,35). The largest absolute Gasteiger partial charge is 0.480 e. The molecule has 1 aliphatic rings. The number of rotatable bonds is 9. The van der Waals surface area contributed by atoms with E-state index in [-0.39, 0.29) is 12.1 Å². The Balaban J connectivity index is 1.74. The first-order chi connectivity index (χ1) is 17.1. The van der Waals surface area contributed by atoms with Gasteiger partial charge in [-0.05, 0) is 80.0 Å². The second-order valence-corrected chi connectivity index (χ2v) is 10.7. The first-order valence-corrected chi connectivity index (χ1v) is 13.2. The molecule has 5 nitrogen and oxygen atoms in total. The van der Waals surface area contributed by atoms with Gasteiger partial charge in [-0.25, -0.2) is 4.79 Å². The highest BCUT2D eigenvalue weighted by Crippen LogP contribution is 2.28. The molecule has 0 spiro atoms. The summed E-state index contributed by atoms with van der Waals surface area (Å²) in [5.41, 5.74) is 4.21. The summed E-state index contributed by atoms with van der Waals surface area (Å²) in [6.45, 7) is 10.5. The third kappa shape index (κ3) is 7.13. The number of aliphatic carboxylic acids is 1. The SMILES string of the molecule is CCCCCCN(C(=O)Nc1ccc(C(C)C)cc1)C1Cc2ccc(C#CC(C)(C)C(=O)O)cc2C1. The van der Waals surface area contributed by atoms with Crippen molar-refractivity contribution < 1.29 is 14.7 Å². The number of carboxylic acids is 1. The van der Waals surface area contributed by atoms with Gasteiger partial charge < -0.3 is 15.3 Å². The topological polar surface area (TPSA) is 69.6 Å². The predicted molar refractivity (Wildman–Crippen MR) is 146 cm³/mol. The second kappa shape index (κ2) is 12.1. The van der Waals surface area contributed by atoms with Crippen molar-refractivity contribution in [2.24, 2.45) is 5.41 Å². The maximum absolute atomic E-state index is 13.4. The third-order valence-corrected chi connectivity index (χ3v) is 6.95. The molecule has 0 saturated heterocycles. The zero-order chi connectivity index (χ0) is 26.3. The molecule has 5 heteroatoms. The summed E-state index contributed by atoms with van der Waals surface area (Å²) in [6, 6.07) is 14.2. The summed E-state index contributed by atoms with van der Waals surface area (Å²) in [5.74, 6) is 5.42. The van der Waals surface area contributed by atoms with Crippen molar-refractivity contribution in [1.29, 1.82) is 0 Å². The fourth-order valence-electron chi connectivity index (χ4n) is 4.48. The Morgan fingerprint density at radius 2 is 1.75 bits per heavy atom. The minimum absolute atomic E-state index is 0.0511. The van der Waals surface area contributed by atoms with Crippen molar-refractivity contribution in [3.63, 3.8) is 0 Å². The van der Waals surface area contributed by atoms with Gasteiger partial charge in [-0.15, -0.1) is 0 Å². The van der Waals surface area contributed by atoms with Crippen LogP contribution in [0, 0.1) is 17.3 Å². The monoisotopic (exact) mass is 488 g/mol. The highest BCUT2D eigenvalue weighted by atomic mass is 16.4. The molecule has 1 aliphatic carbocycles. The minimum atomic E-state index is -1.09. The van der Waals surface area contributed by atoms with Gasteiger partial charge in [0.2, 0.25) is 0 Å². The van der Waals surface area contributed by atoms with E-state index in [2.05, 4.69) is 62.2 Å². The number of nitrogens with one attached hydrogen (secondary N) is 1. The minimum Gasteiger partial charge on any atom is -0.480 e. The number of carbonyl (C=O) groups excluding carboxylic acids is 1. The van der Waals surface area contributed by atoms with Crippen LogP contribution in [-0.4, -0.2) is 34.6 Å². The summed E-state index contributed by atoms with van der Waals surface area (Å²) >= 11 is 0. The zero-order valence-electron chi connectivity index (χ0n) is 22.4. The van der Waals surface area contributed by atoms with Gasteiger partial charge >= 0.3 is 12.0 Å². The van der Waals surface area contributed by atoms with Crippen LogP contribution < -0.4 is 5.32 Å². The molecular weight excluding hydrogens is 448 g/mol. The molecular formula is C31H40N2O3. The molecule has 1 atom stereocenters. The van der Waals surface area contributed by atoms with Crippen molar-refractivity contribution in [2.75, 3.05) is 11.9 Å². The van der Waals surface area contributed by atoms with Crippen LogP contribution in [0.2, 0.25) is 0 Å². The van der Waals surface area contributed by atoms with E-state index in [0.717, 1.165) is 49.9 Å². The Hall–Kier alpha value is -3.26. The van der Waals surface area contributed by atoms with E-state index in [0.29, 0.717) is 5.92 Å². The van der Waals surface area contributed by atoms with Crippen molar-refractivity contribution in [2.45, 2.75) is 85.1 Å². The number of anilines is 1. The van der Waals surface area contributed by atoms with Gasteiger partial charge in [0.25, 0.3) is 0 Å². The number of unbranched alkanes of at least 4 members (excludes halogenated alkanes) is 3. The van der Waals surface area contributed by atoms with Crippen LogP contribution >= 0.6 is 0 Å². The summed E-state index contributed by atoms with van der Waals surface area (Å²) in [4.78, 5) is 26.8. The Morgan fingerprint density at radius 1 is 1.06 bits per heavy atom. The highest BCUT2D eigenvalue weighted by molar-refractivity contribution is 5.89. The first-order valence-electron chi connectivity index (χ1n) is 13.2. The molecule has 0 aliphatic heterocycles. The van der Waals surface area contributed by atoms with Gasteiger partial charge in [0.1, 0.15) is 5.41 Å². The van der Waals surface area contributed by atoms with Crippen LogP contribution in [0.3, 0.4) is 0 Å². The lowest BCUT2D eigenvalue weighted by atomic mass is 9.94. The molecule has 36 heavy (non-hydrogen) atoms. The number of carboxylic acid groups (broad SMARTS) is 1. The van der Waals surface area contributed by atoms with E-state index >= 15 is 0 Å². The fourth-order valence-corrected chi connectivity index (χ4v) is 4.48. The van der Waals surface area contributed by atoms with Gasteiger partial charge in [0.15, 0.2) is 0 Å². The molecule has 0 aromatic heterocycles. The van der Waals surface area contributed by atoms with Crippen molar-refractivity contribution >= 4 is 17.7 Å². The Bertz CT molecular complexity index is 1120. The summed E-state index contributed by atoms with van der Waals surface area (Å²) < 4.78 is 0. The molecule has 3 rings (SSSR count). The lowest BCUT2D eigenvalue weighted by Crippen LogP contribution is -2.44. The third-order valence-electron chi connectivity index (χ3n) is 6.95. The maximum atomic E-state index is 13.4. The molecule has 2 N–H and O–H groups in total. The molecule has 2 aromatic rings. The maximum Gasteiger partial charge on any atom is 0.322 e. The molecule has 0 fully saturated rings. The van der Waals surface area contributed by atoms with Crippen LogP contribution in [-0.2, 0) is 17.6 Å². The van der Waals surface area contributed by atoms with Crippen LogP contribution in [0.15, 0.2) is 42.5 Å². The van der Waals surface area contributed by atoms with Gasteiger partial charge in [0.05, 0.1) is 0 Å². The Morgan fingerprint density at radius 3 is 2.39 bits per heavy atom. The summed E-state index contributed by atoms with van der Waals surface area (Å²) in [5, 5.41) is 12.4. The van der Waals surface area contributed by atoms with Crippen molar-refractivity contribution in [3.05, 3.63) is 64.7 Å². The van der Waals surface area contributed by atoms with Crippen LogP contribution in [0.25, 0.3) is 0 Å². The van der Waals surface area contributed by atoms with E-state index in [1.165, 1.54) is 23.1 Å². The van der Waals surface area contributed by atoms with Crippen molar-refractivity contribution in [1.82, 2.24) is 4.90 Å². The first kappa shape index (κ1) is 27.3. The number of carbonyl (C=O) groups is 2. The lowest BCUT2D eigenvalue weighted by molar-refractivity contribution is -0.143.